The molecule has 0 amide bonds. The average molecular weight is 532 g/mol. The minimum atomic E-state index is -0.755. The molecule has 1 aromatic carbocycles. The maximum absolute atomic E-state index is 10.4. The predicted molar refractivity (Wildman–Crippen MR) is 121 cm³/mol. The van der Waals surface area contributed by atoms with Crippen molar-refractivity contribution < 1.29 is 14.6 Å². The summed E-state index contributed by atoms with van der Waals surface area (Å²) < 4.78 is 11.1. The summed E-state index contributed by atoms with van der Waals surface area (Å²) in [4.78, 5) is 4.63. The van der Waals surface area contributed by atoms with Crippen LogP contribution in [0.2, 0.25) is 10.0 Å². The van der Waals surface area contributed by atoms with Gasteiger partial charge in [-0.3, -0.25) is 4.99 Å². The van der Waals surface area contributed by atoms with E-state index in [0.29, 0.717) is 47.9 Å². The zero-order valence-corrected chi connectivity index (χ0v) is 19.5. The van der Waals surface area contributed by atoms with Gasteiger partial charge in [0.05, 0.1) is 18.2 Å². The summed E-state index contributed by atoms with van der Waals surface area (Å²) in [5, 5.41) is 17.7. The van der Waals surface area contributed by atoms with Crippen molar-refractivity contribution in [3.05, 3.63) is 33.8 Å². The van der Waals surface area contributed by atoms with Gasteiger partial charge in [-0.15, -0.1) is 24.0 Å². The van der Waals surface area contributed by atoms with E-state index in [1.54, 1.807) is 25.3 Å². The highest BCUT2D eigenvalue weighted by Crippen LogP contribution is 2.25. The standard InChI is InChI=1S/C18H27Cl2N3O3.HI/c1-3-21-17(23-12-18(25-2)4-6-26-7-5-18)22-11-16(24)13-8-14(19)10-15(20)9-13;/h8-10,16,24H,3-7,11-12H2,1-2H3,(H2,21,22,23);1H. The van der Waals surface area contributed by atoms with Crippen molar-refractivity contribution in [2.75, 3.05) is 40.0 Å². The predicted octanol–water partition coefficient (Wildman–Crippen LogP) is 3.40. The van der Waals surface area contributed by atoms with Crippen LogP contribution < -0.4 is 10.6 Å². The SMILES string of the molecule is CCNC(=NCC1(OC)CCOCC1)NCC(O)c1cc(Cl)cc(Cl)c1.I. The molecule has 3 N–H and O–H groups in total. The Labute approximate surface area is 188 Å². The minimum Gasteiger partial charge on any atom is -0.387 e. The Kier molecular flexibility index (Phi) is 11.2. The van der Waals surface area contributed by atoms with Gasteiger partial charge in [0, 0.05) is 56.3 Å². The molecule has 0 saturated carbocycles. The highest BCUT2D eigenvalue weighted by Gasteiger charge is 2.32. The smallest absolute Gasteiger partial charge is 0.191 e. The number of aliphatic hydroxyl groups excluding tert-OH is 1. The first-order valence-corrected chi connectivity index (χ1v) is 9.53. The van der Waals surface area contributed by atoms with Gasteiger partial charge in [-0.05, 0) is 30.7 Å². The lowest BCUT2D eigenvalue weighted by Gasteiger charge is -2.34. The summed E-state index contributed by atoms with van der Waals surface area (Å²) in [7, 11) is 1.72. The van der Waals surface area contributed by atoms with Crippen LogP contribution in [0.5, 0.6) is 0 Å². The number of hydrogen-bond acceptors (Lipinski definition) is 4. The zero-order valence-electron chi connectivity index (χ0n) is 15.6. The molecule has 6 nitrogen and oxygen atoms in total. The summed E-state index contributed by atoms with van der Waals surface area (Å²) in [6.07, 6.45) is 0.876. The second-order valence-electron chi connectivity index (χ2n) is 6.29. The largest absolute Gasteiger partial charge is 0.387 e. The van der Waals surface area contributed by atoms with Crippen LogP contribution in [0.3, 0.4) is 0 Å². The van der Waals surface area contributed by atoms with Crippen molar-refractivity contribution in [3.8, 4) is 0 Å². The van der Waals surface area contributed by atoms with Gasteiger partial charge in [-0.1, -0.05) is 23.2 Å². The topological polar surface area (TPSA) is 75.1 Å². The van der Waals surface area contributed by atoms with Crippen molar-refractivity contribution in [3.63, 3.8) is 0 Å². The van der Waals surface area contributed by atoms with Crippen molar-refractivity contribution in [2.45, 2.75) is 31.5 Å². The third-order valence-electron chi connectivity index (χ3n) is 4.44. The molecule has 1 heterocycles. The number of guanidine groups is 1. The number of aliphatic hydroxyl groups is 1. The van der Waals surface area contributed by atoms with Crippen LogP contribution in [0.25, 0.3) is 0 Å². The molecule has 1 aromatic rings. The number of aliphatic imine (C=N–C) groups is 1. The van der Waals surface area contributed by atoms with Crippen LogP contribution in [0, 0.1) is 0 Å². The fourth-order valence-corrected chi connectivity index (χ4v) is 3.36. The Morgan fingerprint density at radius 1 is 1.26 bits per heavy atom. The van der Waals surface area contributed by atoms with Crippen LogP contribution in [0.1, 0.15) is 31.4 Å². The molecule has 2 rings (SSSR count). The molecule has 0 bridgehead atoms. The van der Waals surface area contributed by atoms with Crippen molar-refractivity contribution in [1.82, 2.24) is 10.6 Å². The number of nitrogens with one attached hydrogen (secondary N) is 2. The van der Waals surface area contributed by atoms with Gasteiger partial charge in [0.1, 0.15) is 0 Å². The van der Waals surface area contributed by atoms with Gasteiger partial charge in [0.15, 0.2) is 5.96 Å². The van der Waals surface area contributed by atoms with Gasteiger partial charge in [0.25, 0.3) is 0 Å². The van der Waals surface area contributed by atoms with E-state index in [1.165, 1.54) is 0 Å². The van der Waals surface area contributed by atoms with Gasteiger partial charge in [0.2, 0.25) is 0 Å². The van der Waals surface area contributed by atoms with E-state index in [-0.39, 0.29) is 36.1 Å². The number of rotatable bonds is 7. The maximum atomic E-state index is 10.4. The Morgan fingerprint density at radius 2 is 1.89 bits per heavy atom. The second-order valence-corrected chi connectivity index (χ2v) is 7.17. The first kappa shape index (κ1) is 24.7. The molecular weight excluding hydrogens is 504 g/mol. The van der Waals surface area contributed by atoms with E-state index in [4.69, 9.17) is 32.7 Å². The lowest BCUT2D eigenvalue weighted by atomic mass is 9.94. The Bertz CT molecular complexity index is 593. The first-order chi connectivity index (χ1) is 12.5. The first-order valence-electron chi connectivity index (χ1n) is 8.77. The van der Waals surface area contributed by atoms with Crippen LogP contribution in [-0.4, -0.2) is 56.6 Å². The highest BCUT2D eigenvalue weighted by atomic mass is 127. The molecule has 1 unspecified atom stereocenters. The second kappa shape index (κ2) is 12.3. The fraction of sp³-hybridized carbons (Fsp3) is 0.611. The van der Waals surface area contributed by atoms with E-state index >= 15 is 0 Å². The molecule has 1 aliphatic rings. The third kappa shape index (κ3) is 7.91. The van der Waals surface area contributed by atoms with E-state index in [1.807, 2.05) is 6.92 Å². The number of ether oxygens (including phenoxy) is 2. The normalized spacial score (nSPS) is 17.7. The Balaban J connectivity index is 0.00000364. The summed E-state index contributed by atoms with van der Waals surface area (Å²) in [6, 6.07) is 5.04. The summed E-state index contributed by atoms with van der Waals surface area (Å²) in [5.74, 6) is 0.627. The molecule has 0 aliphatic carbocycles. The summed E-state index contributed by atoms with van der Waals surface area (Å²) in [6.45, 7) is 4.88. The Morgan fingerprint density at radius 3 is 2.44 bits per heavy atom. The minimum absolute atomic E-state index is 0. The number of halogens is 3. The van der Waals surface area contributed by atoms with Crippen LogP contribution >= 0.6 is 47.2 Å². The van der Waals surface area contributed by atoms with Crippen molar-refractivity contribution in [2.24, 2.45) is 4.99 Å². The van der Waals surface area contributed by atoms with Crippen LogP contribution in [-0.2, 0) is 9.47 Å². The average Bonchev–Trinajstić information content (AvgIpc) is 2.63. The van der Waals surface area contributed by atoms with Crippen LogP contribution in [0.15, 0.2) is 23.2 Å². The zero-order chi connectivity index (χ0) is 19.0. The van der Waals surface area contributed by atoms with Crippen molar-refractivity contribution >= 4 is 53.1 Å². The molecule has 1 atom stereocenters. The molecule has 0 spiro atoms. The number of benzene rings is 1. The molecule has 1 aliphatic heterocycles. The molecule has 1 saturated heterocycles. The van der Waals surface area contributed by atoms with Gasteiger partial charge >= 0.3 is 0 Å². The fourth-order valence-electron chi connectivity index (χ4n) is 2.81. The number of methoxy groups -OCH3 is 1. The van der Waals surface area contributed by atoms with Gasteiger partial charge in [-0.2, -0.15) is 0 Å². The van der Waals surface area contributed by atoms with Crippen LogP contribution in [0.4, 0.5) is 0 Å². The Hall–Kier alpha value is -0.320. The summed E-state index contributed by atoms with van der Waals surface area (Å²) in [5.41, 5.74) is 0.364. The number of hydrogen-bond donors (Lipinski definition) is 3. The third-order valence-corrected chi connectivity index (χ3v) is 4.88. The molecule has 1 fully saturated rings. The van der Waals surface area contributed by atoms with Gasteiger partial charge < -0.3 is 25.2 Å². The van der Waals surface area contributed by atoms with E-state index in [2.05, 4.69) is 15.6 Å². The van der Waals surface area contributed by atoms with Crippen molar-refractivity contribution in [1.29, 1.82) is 0 Å². The van der Waals surface area contributed by atoms with E-state index in [9.17, 15) is 5.11 Å². The highest BCUT2D eigenvalue weighted by molar-refractivity contribution is 14.0. The lowest BCUT2D eigenvalue weighted by Crippen LogP contribution is -2.44. The molecule has 154 valence electrons. The monoisotopic (exact) mass is 531 g/mol. The maximum Gasteiger partial charge on any atom is 0.191 e. The quantitative estimate of drug-likeness (QED) is 0.286. The molecule has 0 radical (unpaired) electrons. The molecule has 0 aromatic heterocycles. The summed E-state index contributed by atoms with van der Waals surface area (Å²) >= 11 is 12.0. The molecular formula is C18H28Cl2IN3O3. The molecule has 27 heavy (non-hydrogen) atoms. The van der Waals surface area contributed by atoms with E-state index < -0.39 is 6.10 Å². The van der Waals surface area contributed by atoms with Gasteiger partial charge in [-0.25, -0.2) is 0 Å². The van der Waals surface area contributed by atoms with E-state index in [0.717, 1.165) is 12.8 Å². The number of nitrogens with zero attached hydrogens (tertiary/aromatic N) is 1. The molecule has 9 heteroatoms. The lowest BCUT2D eigenvalue weighted by molar-refractivity contribution is -0.0828.